The van der Waals surface area contributed by atoms with Crippen LogP contribution in [0.4, 0.5) is 10.5 Å². The van der Waals surface area contributed by atoms with Crippen LogP contribution in [0.25, 0.3) is 0 Å². The summed E-state index contributed by atoms with van der Waals surface area (Å²) in [5.41, 5.74) is 0.710. The Morgan fingerprint density at radius 2 is 1.85 bits per heavy atom. The Labute approximate surface area is 160 Å². The van der Waals surface area contributed by atoms with Crippen molar-refractivity contribution in [3.05, 3.63) is 24.3 Å². The van der Waals surface area contributed by atoms with Crippen LogP contribution < -0.4 is 4.90 Å². The lowest BCUT2D eigenvalue weighted by Crippen LogP contribution is -2.42. The normalized spacial score (nSPS) is 17.1. The zero-order valence-electron chi connectivity index (χ0n) is 16.7. The average molecular weight is 381 g/mol. The van der Waals surface area contributed by atoms with Gasteiger partial charge in [0.25, 0.3) is 0 Å². The lowest BCUT2D eigenvalue weighted by molar-refractivity contribution is 0.0182. The maximum atomic E-state index is 12.1. The van der Waals surface area contributed by atoms with Gasteiger partial charge in [0.05, 0.1) is 0 Å². The van der Waals surface area contributed by atoms with E-state index >= 15 is 0 Å². The number of likely N-dealkylation sites (tertiary alicyclic amines) is 1. The first-order valence-electron chi connectivity index (χ1n) is 9.28. The second kappa shape index (κ2) is 9.00. The fraction of sp³-hybridized carbons (Fsp3) is 0.650. The van der Waals surface area contributed by atoms with E-state index in [0.717, 1.165) is 49.5 Å². The molecule has 1 atom stereocenters. The second-order valence-corrected chi connectivity index (χ2v) is 9.45. The third-order valence-corrected chi connectivity index (χ3v) is 5.68. The molecule has 0 N–H and O–H groups in total. The van der Waals surface area contributed by atoms with E-state index in [9.17, 15) is 9.35 Å². The van der Waals surface area contributed by atoms with Crippen molar-refractivity contribution >= 4 is 23.0 Å². The topological polar surface area (TPSA) is 55.8 Å². The molecule has 1 heterocycles. The molecular weight excluding hydrogens is 348 g/mol. The molecular formula is C20H32N2O3S. The highest BCUT2D eigenvalue weighted by Gasteiger charge is 2.26. The molecule has 6 heteroatoms. The first-order chi connectivity index (χ1) is 12.2. The molecule has 1 aromatic rings. The molecule has 2 rings (SSSR count). The summed E-state index contributed by atoms with van der Waals surface area (Å²) in [7, 11) is 2.09. The molecule has 1 aliphatic heterocycles. The molecule has 0 saturated carbocycles. The summed E-state index contributed by atoms with van der Waals surface area (Å²) < 4.78 is 16.9. The van der Waals surface area contributed by atoms with Gasteiger partial charge in [0.15, 0.2) is 4.90 Å². The van der Waals surface area contributed by atoms with Crippen LogP contribution in [-0.4, -0.2) is 54.1 Å². The van der Waals surface area contributed by atoms with E-state index in [1.165, 1.54) is 0 Å². The maximum Gasteiger partial charge on any atom is 0.410 e. The molecule has 1 unspecified atom stereocenters. The van der Waals surface area contributed by atoms with Crippen molar-refractivity contribution in [1.82, 2.24) is 4.90 Å². The Balaban J connectivity index is 1.75. The lowest BCUT2D eigenvalue weighted by atomic mass is 9.93. The summed E-state index contributed by atoms with van der Waals surface area (Å²) in [4.78, 5) is 17.0. The molecule has 1 aliphatic rings. The SMILES string of the molecule is CN(CCC1CCN(C(=O)OC(C)(C)C)CC1)c1ccc([S+](C)[O-])cc1. The zero-order chi connectivity index (χ0) is 19.3. The minimum absolute atomic E-state index is 0.193. The highest BCUT2D eigenvalue weighted by molar-refractivity contribution is 7.90. The summed E-state index contributed by atoms with van der Waals surface area (Å²) in [5.74, 6) is 0.638. The largest absolute Gasteiger partial charge is 0.612 e. The Kier molecular flexibility index (Phi) is 7.24. The predicted molar refractivity (Wildman–Crippen MR) is 107 cm³/mol. The summed E-state index contributed by atoms with van der Waals surface area (Å²) in [6.45, 7) is 8.24. The molecule has 26 heavy (non-hydrogen) atoms. The number of carbonyl (C=O) groups excluding carboxylic acids is 1. The van der Waals surface area contributed by atoms with Crippen molar-refractivity contribution in [3.8, 4) is 0 Å². The van der Waals surface area contributed by atoms with Crippen molar-refractivity contribution in [1.29, 1.82) is 0 Å². The van der Waals surface area contributed by atoms with Gasteiger partial charge in [-0.1, -0.05) is 0 Å². The third-order valence-electron chi connectivity index (χ3n) is 4.75. The molecule has 0 bridgehead atoms. The van der Waals surface area contributed by atoms with Gasteiger partial charge in [-0.3, -0.25) is 0 Å². The average Bonchev–Trinajstić information content (AvgIpc) is 2.58. The number of hydrogen-bond acceptors (Lipinski definition) is 4. The minimum atomic E-state index is -0.933. The number of carbonyl (C=O) groups is 1. The van der Waals surface area contributed by atoms with Crippen LogP contribution in [0, 0.1) is 5.92 Å². The number of nitrogens with zero attached hydrogens (tertiary/aromatic N) is 2. The van der Waals surface area contributed by atoms with Gasteiger partial charge in [-0.15, -0.1) is 0 Å². The van der Waals surface area contributed by atoms with E-state index in [1.807, 2.05) is 49.9 Å². The van der Waals surface area contributed by atoms with Gasteiger partial charge >= 0.3 is 6.09 Å². The number of benzene rings is 1. The first kappa shape index (κ1) is 20.9. The van der Waals surface area contributed by atoms with Gasteiger partial charge in [0.2, 0.25) is 0 Å². The quantitative estimate of drug-likeness (QED) is 0.727. The van der Waals surface area contributed by atoms with Gasteiger partial charge in [0.1, 0.15) is 11.9 Å². The number of ether oxygens (including phenoxy) is 1. The van der Waals surface area contributed by atoms with Crippen molar-refractivity contribution in [2.24, 2.45) is 5.92 Å². The van der Waals surface area contributed by atoms with Crippen LogP contribution in [0.2, 0.25) is 0 Å². The van der Waals surface area contributed by atoms with Crippen molar-refractivity contribution in [2.45, 2.75) is 50.5 Å². The molecule has 1 fully saturated rings. The van der Waals surface area contributed by atoms with Crippen molar-refractivity contribution in [3.63, 3.8) is 0 Å². The number of anilines is 1. The minimum Gasteiger partial charge on any atom is -0.612 e. The highest BCUT2D eigenvalue weighted by atomic mass is 32.2. The summed E-state index contributed by atoms with van der Waals surface area (Å²) in [5, 5.41) is 0. The van der Waals surface area contributed by atoms with Gasteiger partial charge in [-0.25, -0.2) is 4.79 Å². The summed E-state index contributed by atoms with van der Waals surface area (Å²) in [6, 6.07) is 7.92. The van der Waals surface area contributed by atoms with Gasteiger partial charge in [0, 0.05) is 32.4 Å². The Bertz CT molecular complexity index is 576. The fourth-order valence-electron chi connectivity index (χ4n) is 3.13. The predicted octanol–water partition coefficient (Wildman–Crippen LogP) is 3.90. The van der Waals surface area contributed by atoms with Crippen LogP contribution in [0.1, 0.15) is 40.0 Å². The number of hydrogen-bond donors (Lipinski definition) is 0. The van der Waals surface area contributed by atoms with Crippen LogP contribution in [-0.2, 0) is 15.9 Å². The number of amides is 1. The number of piperidine rings is 1. The van der Waals surface area contributed by atoms with Crippen molar-refractivity contribution in [2.75, 3.05) is 37.8 Å². The molecule has 5 nitrogen and oxygen atoms in total. The van der Waals surface area contributed by atoms with E-state index in [0.29, 0.717) is 5.92 Å². The number of rotatable bonds is 5. The van der Waals surface area contributed by atoms with Gasteiger partial charge < -0.3 is 19.1 Å². The van der Waals surface area contributed by atoms with E-state index in [2.05, 4.69) is 11.9 Å². The molecule has 1 amide bonds. The third kappa shape index (κ3) is 6.40. The summed E-state index contributed by atoms with van der Waals surface area (Å²) in [6.07, 6.45) is 4.67. The monoisotopic (exact) mass is 380 g/mol. The molecule has 0 aliphatic carbocycles. The standard InChI is InChI=1S/C20H32N2O3S/c1-20(2,3)25-19(23)22-14-11-16(12-15-22)10-13-21(4)17-6-8-18(9-7-17)26(5)24/h6-9,16H,10-15H2,1-5H3. The smallest absolute Gasteiger partial charge is 0.410 e. The molecule has 0 aromatic heterocycles. The molecule has 0 spiro atoms. The van der Waals surface area contributed by atoms with Crippen LogP contribution in [0.5, 0.6) is 0 Å². The van der Waals surface area contributed by atoms with Crippen LogP contribution in [0.15, 0.2) is 29.2 Å². The molecule has 1 saturated heterocycles. The Morgan fingerprint density at radius 1 is 1.27 bits per heavy atom. The van der Waals surface area contributed by atoms with E-state index < -0.39 is 16.8 Å². The van der Waals surface area contributed by atoms with Crippen LogP contribution in [0.3, 0.4) is 0 Å². The Morgan fingerprint density at radius 3 is 2.35 bits per heavy atom. The molecule has 0 radical (unpaired) electrons. The van der Waals surface area contributed by atoms with Gasteiger partial charge in [-0.05, 0) is 81.4 Å². The maximum absolute atomic E-state index is 12.1. The highest BCUT2D eigenvalue weighted by Crippen LogP contribution is 2.24. The van der Waals surface area contributed by atoms with E-state index in [-0.39, 0.29) is 6.09 Å². The zero-order valence-corrected chi connectivity index (χ0v) is 17.5. The molecule has 1 aromatic carbocycles. The van der Waals surface area contributed by atoms with Crippen molar-refractivity contribution < 1.29 is 14.1 Å². The van der Waals surface area contributed by atoms with Gasteiger partial charge in [-0.2, -0.15) is 0 Å². The van der Waals surface area contributed by atoms with E-state index in [4.69, 9.17) is 4.74 Å². The summed E-state index contributed by atoms with van der Waals surface area (Å²) >= 11 is -0.933. The second-order valence-electron chi connectivity index (χ2n) is 8.07. The van der Waals surface area contributed by atoms with Crippen LogP contribution >= 0.6 is 0 Å². The molecule has 146 valence electrons. The fourth-order valence-corrected chi connectivity index (χ4v) is 3.65. The lowest BCUT2D eigenvalue weighted by Gasteiger charge is -2.34. The Hall–Kier alpha value is -1.40. The van der Waals surface area contributed by atoms with E-state index in [1.54, 1.807) is 6.26 Å². The first-order valence-corrected chi connectivity index (χ1v) is 10.8.